The van der Waals surface area contributed by atoms with Crippen LogP contribution in [0.1, 0.15) is 18.1 Å². The van der Waals surface area contributed by atoms with Crippen LogP contribution in [0.15, 0.2) is 64.2 Å². The van der Waals surface area contributed by atoms with Gasteiger partial charge in [0, 0.05) is 22.7 Å². The predicted molar refractivity (Wildman–Crippen MR) is 138 cm³/mol. The first-order chi connectivity index (χ1) is 16.0. The molecule has 1 N–H and O–H groups in total. The summed E-state index contributed by atoms with van der Waals surface area (Å²) in [6.07, 6.45) is 1.70. The van der Waals surface area contributed by atoms with Gasteiger partial charge < -0.3 is 14.0 Å². The Balaban J connectivity index is 1.52. The molecule has 9 heteroatoms. The van der Waals surface area contributed by atoms with Gasteiger partial charge in [0.05, 0.1) is 28.3 Å². The van der Waals surface area contributed by atoms with Crippen LogP contribution in [-0.4, -0.2) is 22.4 Å². The first-order valence-electron chi connectivity index (χ1n) is 10.2. The van der Waals surface area contributed by atoms with Crippen LogP contribution in [0.5, 0.6) is 11.5 Å². The third-order valence-electron chi connectivity index (χ3n) is 4.88. The van der Waals surface area contributed by atoms with Crippen LogP contribution in [0, 0.1) is 0 Å². The molecule has 4 aromatic rings. The van der Waals surface area contributed by atoms with Crippen LogP contribution in [-0.2, 0) is 13.7 Å². The van der Waals surface area contributed by atoms with Crippen molar-refractivity contribution in [2.75, 3.05) is 12.0 Å². The van der Waals surface area contributed by atoms with E-state index in [1.807, 2.05) is 61.0 Å². The monoisotopic (exact) mass is 546 g/mol. The highest BCUT2D eigenvalue weighted by Crippen LogP contribution is 2.37. The topological polar surface area (TPSA) is 60.7 Å². The molecule has 4 rings (SSSR count). The molecule has 3 aromatic carbocycles. The maximum atomic E-state index is 6.27. The van der Waals surface area contributed by atoms with Crippen molar-refractivity contribution in [1.82, 2.24) is 9.55 Å². The second kappa shape index (κ2) is 10.5. The lowest BCUT2D eigenvalue weighted by Gasteiger charge is -2.15. The highest BCUT2D eigenvalue weighted by atomic mass is 79.9. The summed E-state index contributed by atoms with van der Waals surface area (Å²) in [7, 11) is 1.94. The molecule has 0 amide bonds. The zero-order valence-electron chi connectivity index (χ0n) is 18.0. The molecule has 0 aliphatic carbocycles. The van der Waals surface area contributed by atoms with Crippen molar-refractivity contribution in [2.24, 2.45) is 12.1 Å². The Bertz CT molecular complexity index is 1320. The number of benzene rings is 3. The van der Waals surface area contributed by atoms with Crippen molar-refractivity contribution < 1.29 is 9.47 Å². The van der Waals surface area contributed by atoms with E-state index in [4.69, 9.17) is 32.7 Å². The minimum Gasteiger partial charge on any atom is -0.490 e. The fourth-order valence-electron chi connectivity index (χ4n) is 3.26. The molecule has 33 heavy (non-hydrogen) atoms. The number of halogens is 3. The van der Waals surface area contributed by atoms with Gasteiger partial charge in [0.25, 0.3) is 0 Å². The Morgan fingerprint density at radius 1 is 1.12 bits per heavy atom. The molecule has 0 fully saturated rings. The standard InChI is InChI=1S/C24H21BrCl2N4O2/c1-3-32-22-11-15(13-28-30-24-29-20-6-4-5-7-21(20)31(24)2)10-18(25)23(22)33-14-16-8-9-17(26)12-19(16)27/h4-13H,3,14H2,1-2H3,(H,29,30)/b28-13-. The number of aromatic nitrogens is 2. The summed E-state index contributed by atoms with van der Waals surface area (Å²) in [5.74, 6) is 1.83. The van der Waals surface area contributed by atoms with Gasteiger partial charge in [-0.1, -0.05) is 41.4 Å². The summed E-state index contributed by atoms with van der Waals surface area (Å²) in [6, 6.07) is 17.0. The minimum atomic E-state index is 0.274. The quantitative estimate of drug-likeness (QED) is 0.189. The Labute approximate surface area is 210 Å². The average molecular weight is 548 g/mol. The predicted octanol–water partition coefficient (Wildman–Crippen LogP) is 7.07. The van der Waals surface area contributed by atoms with Gasteiger partial charge in [-0.25, -0.2) is 10.4 Å². The van der Waals surface area contributed by atoms with Crippen LogP contribution in [0.2, 0.25) is 10.0 Å². The number of hydrogen-bond acceptors (Lipinski definition) is 5. The maximum absolute atomic E-state index is 6.27. The number of hydrazone groups is 1. The second-order valence-electron chi connectivity index (χ2n) is 7.14. The molecule has 0 aliphatic heterocycles. The first-order valence-corrected chi connectivity index (χ1v) is 11.7. The molecule has 0 atom stereocenters. The Hall–Kier alpha value is -2.74. The van der Waals surface area contributed by atoms with Gasteiger partial charge in [-0.2, -0.15) is 5.10 Å². The summed E-state index contributed by atoms with van der Waals surface area (Å²) in [6.45, 7) is 2.68. The largest absolute Gasteiger partial charge is 0.490 e. The smallest absolute Gasteiger partial charge is 0.224 e. The lowest BCUT2D eigenvalue weighted by atomic mass is 10.2. The minimum absolute atomic E-state index is 0.274. The van der Waals surface area contributed by atoms with Crippen molar-refractivity contribution in [3.63, 3.8) is 0 Å². The van der Waals surface area contributed by atoms with Gasteiger partial charge in [-0.15, -0.1) is 0 Å². The van der Waals surface area contributed by atoms with Crippen molar-refractivity contribution in [3.8, 4) is 11.5 Å². The number of fused-ring (bicyclic) bond motifs is 1. The molecular weight excluding hydrogens is 527 g/mol. The van der Waals surface area contributed by atoms with Crippen LogP contribution in [0.4, 0.5) is 5.95 Å². The van der Waals surface area contributed by atoms with E-state index in [0.717, 1.165) is 26.6 Å². The van der Waals surface area contributed by atoms with Gasteiger partial charge in [0.15, 0.2) is 11.5 Å². The average Bonchev–Trinajstić information content (AvgIpc) is 3.10. The van der Waals surface area contributed by atoms with E-state index in [1.165, 1.54) is 0 Å². The highest BCUT2D eigenvalue weighted by Gasteiger charge is 2.13. The van der Waals surface area contributed by atoms with Gasteiger partial charge in [0.1, 0.15) is 6.61 Å². The number of imidazole rings is 1. The molecule has 0 bridgehead atoms. The summed E-state index contributed by atoms with van der Waals surface area (Å²) in [4.78, 5) is 4.55. The third-order valence-corrected chi connectivity index (χ3v) is 6.06. The summed E-state index contributed by atoms with van der Waals surface area (Å²) in [5.41, 5.74) is 6.59. The van der Waals surface area contributed by atoms with Gasteiger partial charge in [-0.05, 0) is 64.8 Å². The molecule has 0 saturated heterocycles. The van der Waals surface area contributed by atoms with Crippen LogP contribution >= 0.6 is 39.1 Å². The number of hydrogen-bond donors (Lipinski definition) is 1. The van der Waals surface area contributed by atoms with E-state index in [2.05, 4.69) is 31.4 Å². The van der Waals surface area contributed by atoms with E-state index in [1.54, 1.807) is 18.3 Å². The van der Waals surface area contributed by atoms with Crippen molar-refractivity contribution in [2.45, 2.75) is 13.5 Å². The Kier molecular flexibility index (Phi) is 7.42. The first kappa shape index (κ1) is 23.4. The SMILES string of the molecule is CCOc1cc(/C=N\Nc2nc3ccccc3n2C)cc(Br)c1OCc1ccc(Cl)cc1Cl. The molecule has 0 spiro atoms. The van der Waals surface area contributed by atoms with E-state index >= 15 is 0 Å². The van der Waals surface area contributed by atoms with Gasteiger partial charge >= 0.3 is 0 Å². The molecule has 1 heterocycles. The summed E-state index contributed by atoms with van der Waals surface area (Å²) in [5, 5.41) is 5.48. The second-order valence-corrected chi connectivity index (χ2v) is 8.84. The van der Waals surface area contributed by atoms with Gasteiger partial charge in [-0.3, -0.25) is 0 Å². The van der Waals surface area contributed by atoms with Crippen molar-refractivity contribution in [3.05, 3.63) is 80.2 Å². The van der Waals surface area contributed by atoms with E-state index < -0.39 is 0 Å². The zero-order chi connectivity index (χ0) is 23.4. The highest BCUT2D eigenvalue weighted by molar-refractivity contribution is 9.10. The number of rotatable bonds is 8. The fourth-order valence-corrected chi connectivity index (χ4v) is 4.30. The number of para-hydroxylation sites is 2. The third kappa shape index (κ3) is 5.43. The lowest BCUT2D eigenvalue weighted by molar-refractivity contribution is 0.267. The molecule has 0 aliphatic rings. The van der Waals surface area contributed by atoms with Gasteiger partial charge in [0.2, 0.25) is 5.95 Å². The molecule has 170 valence electrons. The van der Waals surface area contributed by atoms with E-state index in [9.17, 15) is 0 Å². The summed E-state index contributed by atoms with van der Waals surface area (Å²) < 4.78 is 14.5. The van der Waals surface area contributed by atoms with Crippen molar-refractivity contribution in [1.29, 1.82) is 0 Å². The van der Waals surface area contributed by atoms with Crippen LogP contribution < -0.4 is 14.9 Å². The zero-order valence-corrected chi connectivity index (χ0v) is 21.1. The normalized spacial score (nSPS) is 11.3. The number of nitrogens with zero attached hydrogens (tertiary/aromatic N) is 3. The lowest BCUT2D eigenvalue weighted by Crippen LogP contribution is -2.02. The molecule has 0 unspecified atom stereocenters. The number of nitrogens with one attached hydrogen (secondary N) is 1. The molecule has 0 saturated carbocycles. The van der Waals surface area contributed by atoms with Crippen LogP contribution in [0.3, 0.4) is 0 Å². The summed E-state index contributed by atoms with van der Waals surface area (Å²) >= 11 is 15.8. The molecular formula is C24H21BrCl2N4O2. The van der Waals surface area contributed by atoms with E-state index in [0.29, 0.717) is 34.1 Å². The van der Waals surface area contributed by atoms with Crippen LogP contribution in [0.25, 0.3) is 11.0 Å². The Morgan fingerprint density at radius 2 is 1.94 bits per heavy atom. The molecule has 0 radical (unpaired) electrons. The van der Waals surface area contributed by atoms with E-state index in [-0.39, 0.29) is 6.61 Å². The fraction of sp³-hybridized carbons (Fsp3) is 0.167. The Morgan fingerprint density at radius 3 is 2.70 bits per heavy atom. The maximum Gasteiger partial charge on any atom is 0.224 e. The molecule has 6 nitrogen and oxygen atoms in total. The van der Waals surface area contributed by atoms with Crippen molar-refractivity contribution >= 4 is 62.3 Å². The number of ether oxygens (including phenoxy) is 2. The molecule has 1 aromatic heterocycles. The number of aryl methyl sites for hydroxylation is 1. The number of anilines is 1.